The normalized spacial score (nSPS) is 20.9. The second-order valence-corrected chi connectivity index (χ2v) is 28.2. The third-order valence-corrected chi connectivity index (χ3v) is 21.1. The summed E-state index contributed by atoms with van der Waals surface area (Å²) in [5.41, 5.74) is 24.6. The summed E-state index contributed by atoms with van der Waals surface area (Å²) in [6.45, 7) is 18.7. The highest BCUT2D eigenvalue weighted by Gasteiger charge is 2.62. The molecule has 1 spiro atoms. The molecule has 0 atom stereocenters. The zero-order chi connectivity index (χ0) is 56.1. The molecule has 10 aromatic carbocycles. The Morgan fingerprint density at radius 3 is 1.33 bits per heavy atom. The Balaban J connectivity index is 0.808. The van der Waals surface area contributed by atoms with Crippen molar-refractivity contribution in [3.63, 3.8) is 0 Å². The van der Waals surface area contributed by atoms with E-state index in [0.29, 0.717) is 11.8 Å². The molecule has 408 valence electrons. The van der Waals surface area contributed by atoms with Crippen LogP contribution in [0.3, 0.4) is 0 Å². The SMILES string of the molecule is CC(C)(C)c1ccc(N(c2ccc3c(c2)C(C)(C)c2cc4c(cc2-3)C2(c3cc5cc(N(c6ccc(C(C)(C)C)cc6)c6ccc7c(c6)oc6ccccc67)ccc5cc3-4)C3CC4CC(C3)CC2C4)c2ccc3c(c2)oc2ccccc23)cc1. The first-order valence-electron chi connectivity index (χ1n) is 30.6. The maximum absolute atomic E-state index is 6.55. The van der Waals surface area contributed by atoms with E-state index in [1.807, 2.05) is 0 Å². The monoisotopic (exact) mass is 1080 g/mol. The third kappa shape index (κ3) is 7.17. The topological polar surface area (TPSA) is 32.8 Å². The molecule has 4 bridgehead atoms. The Hall–Kier alpha value is -8.34. The molecule has 4 saturated carbocycles. The summed E-state index contributed by atoms with van der Waals surface area (Å²) in [6.07, 6.45) is 6.76. The van der Waals surface area contributed by atoms with Crippen LogP contribution >= 0.6 is 0 Å². The highest BCUT2D eigenvalue weighted by atomic mass is 16.3. The van der Waals surface area contributed by atoms with Gasteiger partial charge in [-0.2, -0.15) is 0 Å². The number of hydrogen-bond donors (Lipinski definition) is 0. The molecule has 0 amide bonds. The van der Waals surface area contributed by atoms with E-state index in [1.54, 1.807) is 11.1 Å². The van der Waals surface area contributed by atoms with Crippen LogP contribution < -0.4 is 9.80 Å². The van der Waals surface area contributed by atoms with Gasteiger partial charge in [-0.1, -0.05) is 128 Å². The number of benzene rings is 10. The van der Waals surface area contributed by atoms with E-state index in [0.717, 1.165) is 89.8 Å². The highest BCUT2D eigenvalue weighted by Crippen LogP contribution is 2.71. The van der Waals surface area contributed by atoms with Gasteiger partial charge in [-0.25, -0.2) is 0 Å². The quantitative estimate of drug-likeness (QED) is 0.166. The zero-order valence-corrected chi connectivity index (χ0v) is 49.0. The van der Waals surface area contributed by atoms with Gasteiger partial charge in [-0.05, 0) is 242 Å². The molecule has 2 heterocycles. The summed E-state index contributed by atoms with van der Waals surface area (Å²) < 4.78 is 13.1. The molecule has 83 heavy (non-hydrogen) atoms. The van der Waals surface area contributed by atoms with Gasteiger partial charge >= 0.3 is 0 Å². The van der Waals surface area contributed by atoms with Crippen molar-refractivity contribution in [3.05, 3.63) is 228 Å². The van der Waals surface area contributed by atoms with Gasteiger partial charge in [0, 0.05) is 78.6 Å². The van der Waals surface area contributed by atoms with Crippen molar-refractivity contribution >= 4 is 88.8 Å². The maximum atomic E-state index is 6.55. The molecule has 6 aliphatic rings. The fourth-order valence-electron chi connectivity index (χ4n) is 17.2. The number of para-hydroxylation sites is 2. The Morgan fingerprint density at radius 1 is 0.349 bits per heavy atom. The first-order chi connectivity index (χ1) is 40.1. The lowest BCUT2D eigenvalue weighted by Crippen LogP contribution is -2.55. The van der Waals surface area contributed by atoms with Crippen molar-refractivity contribution in [2.45, 2.75) is 109 Å². The Labute approximate surface area is 487 Å². The average molecular weight is 1080 g/mol. The summed E-state index contributed by atoms with van der Waals surface area (Å²) in [7, 11) is 0. The van der Waals surface area contributed by atoms with E-state index >= 15 is 0 Å². The predicted molar refractivity (Wildman–Crippen MR) is 346 cm³/mol. The number of furan rings is 2. The van der Waals surface area contributed by atoms with Crippen LogP contribution in [-0.2, 0) is 21.7 Å². The summed E-state index contributed by atoms with van der Waals surface area (Å²) in [4.78, 5) is 4.88. The van der Waals surface area contributed by atoms with Crippen LogP contribution in [0.5, 0.6) is 0 Å². The molecule has 4 heteroatoms. The van der Waals surface area contributed by atoms with E-state index in [1.165, 1.54) is 87.4 Å². The van der Waals surface area contributed by atoms with Crippen molar-refractivity contribution in [2.24, 2.45) is 23.7 Å². The molecule has 2 aromatic heterocycles. The van der Waals surface area contributed by atoms with Crippen LogP contribution in [0.2, 0.25) is 0 Å². The highest BCUT2D eigenvalue weighted by molar-refractivity contribution is 6.08. The van der Waals surface area contributed by atoms with Crippen LogP contribution in [0.15, 0.2) is 203 Å². The molecule has 4 fully saturated rings. The molecule has 0 radical (unpaired) electrons. The van der Waals surface area contributed by atoms with Gasteiger partial charge in [-0.15, -0.1) is 0 Å². The Morgan fingerprint density at radius 2 is 0.771 bits per heavy atom. The van der Waals surface area contributed by atoms with Crippen LogP contribution in [0.4, 0.5) is 34.1 Å². The average Bonchev–Trinajstić information content (AvgIpc) is 1.63. The smallest absolute Gasteiger partial charge is 0.137 e. The number of fused-ring (bicyclic) bond motifs is 13. The molecule has 0 aliphatic heterocycles. The van der Waals surface area contributed by atoms with Crippen LogP contribution in [0, 0.1) is 23.7 Å². The van der Waals surface area contributed by atoms with Gasteiger partial charge in [-0.3, -0.25) is 0 Å². The number of anilines is 6. The van der Waals surface area contributed by atoms with Gasteiger partial charge in [0.05, 0.1) is 0 Å². The largest absolute Gasteiger partial charge is 0.456 e. The molecular weight excluding hydrogens is 1010 g/mol. The van der Waals surface area contributed by atoms with Gasteiger partial charge in [0.25, 0.3) is 0 Å². The van der Waals surface area contributed by atoms with Crippen molar-refractivity contribution in [1.29, 1.82) is 0 Å². The molecule has 6 aliphatic carbocycles. The minimum Gasteiger partial charge on any atom is -0.456 e. The standard InChI is InChI=1S/C79H70N2O2/c1-76(2,3)50-18-23-54(24-19-50)80(58-28-31-63-61-13-9-11-15-72(61)82-74(63)42-58)56-22-17-48-39-65-67-44-69-66(45-71(67)79(70(65)40-49(48)38-56)52-34-46-33-47(36-52)37-53(79)35-46)60-30-27-57(41-68(60)78(69,7)8)81(55-25-20-51(21-26-55)77(4,5)6)59-29-32-64-62-14-10-12-16-73(62)83-75(64)43-59/h9-32,38-47,52-53H,33-37H2,1-8H3. The van der Waals surface area contributed by atoms with Crippen LogP contribution in [-0.4, -0.2) is 0 Å². The minimum atomic E-state index is -0.244. The second kappa shape index (κ2) is 17.1. The lowest BCUT2D eigenvalue weighted by Gasteiger charge is -2.61. The van der Waals surface area contributed by atoms with E-state index < -0.39 is 0 Å². The summed E-state index contributed by atoms with van der Waals surface area (Å²) in [6, 6.07) is 74.0. The van der Waals surface area contributed by atoms with E-state index in [4.69, 9.17) is 8.83 Å². The second-order valence-electron chi connectivity index (χ2n) is 28.2. The van der Waals surface area contributed by atoms with Gasteiger partial charge in [0.1, 0.15) is 22.3 Å². The molecule has 0 N–H and O–H groups in total. The van der Waals surface area contributed by atoms with Crippen molar-refractivity contribution in [2.75, 3.05) is 9.80 Å². The van der Waals surface area contributed by atoms with E-state index in [2.05, 4.69) is 259 Å². The predicted octanol–water partition coefficient (Wildman–Crippen LogP) is 22.2. The fourth-order valence-corrected chi connectivity index (χ4v) is 17.2. The zero-order valence-electron chi connectivity index (χ0n) is 49.0. The van der Waals surface area contributed by atoms with Crippen LogP contribution in [0.25, 0.3) is 76.9 Å². The van der Waals surface area contributed by atoms with Crippen molar-refractivity contribution < 1.29 is 8.83 Å². The van der Waals surface area contributed by atoms with Crippen molar-refractivity contribution in [3.8, 4) is 22.3 Å². The third-order valence-electron chi connectivity index (χ3n) is 21.1. The Bertz CT molecular complexity index is 4660. The number of nitrogens with zero attached hydrogens (tertiary/aromatic N) is 2. The lowest BCUT2D eigenvalue weighted by atomic mass is 9.43. The minimum absolute atomic E-state index is 0.0235. The summed E-state index contributed by atoms with van der Waals surface area (Å²) in [5, 5.41) is 7.18. The van der Waals surface area contributed by atoms with Gasteiger partial charge < -0.3 is 18.6 Å². The lowest BCUT2D eigenvalue weighted by molar-refractivity contribution is -0.0398. The van der Waals surface area contributed by atoms with Crippen molar-refractivity contribution in [1.82, 2.24) is 0 Å². The maximum Gasteiger partial charge on any atom is 0.137 e. The molecule has 0 saturated heterocycles. The first-order valence-corrected chi connectivity index (χ1v) is 30.6. The van der Waals surface area contributed by atoms with Crippen LogP contribution in [0.1, 0.15) is 121 Å². The first kappa shape index (κ1) is 49.3. The molecule has 12 aromatic rings. The fraction of sp³-hybridized carbons (Fsp3) is 0.266. The van der Waals surface area contributed by atoms with Gasteiger partial charge in [0.15, 0.2) is 0 Å². The molecule has 4 nitrogen and oxygen atoms in total. The molecule has 0 unspecified atom stereocenters. The van der Waals surface area contributed by atoms with Gasteiger partial charge in [0.2, 0.25) is 0 Å². The van der Waals surface area contributed by atoms with E-state index in [-0.39, 0.29) is 21.7 Å². The summed E-state index contributed by atoms with van der Waals surface area (Å²) >= 11 is 0. The molecular formula is C79H70N2O2. The summed E-state index contributed by atoms with van der Waals surface area (Å²) in [5.74, 6) is 2.95. The molecule has 18 rings (SSSR count). The number of rotatable bonds is 6. The Kier molecular flexibility index (Phi) is 10.2. The van der Waals surface area contributed by atoms with E-state index in [9.17, 15) is 0 Å². The number of hydrogen-bond acceptors (Lipinski definition) is 4.